The molecule has 3 nitrogen and oxygen atoms in total. The molecule has 1 rings (SSSR count). The SMILES string of the molecule is CCCN(C(C)CC(=O)OCC)C1CC1. The predicted octanol–water partition coefficient (Wildman–Crippen LogP) is 2.20. The molecular formula is C12H23NO2. The van der Waals surface area contributed by atoms with Crippen molar-refractivity contribution in [2.75, 3.05) is 13.2 Å². The molecule has 0 bridgehead atoms. The van der Waals surface area contributed by atoms with Gasteiger partial charge in [-0.25, -0.2) is 0 Å². The molecule has 1 unspecified atom stereocenters. The second-order valence-electron chi connectivity index (χ2n) is 4.33. The largest absolute Gasteiger partial charge is 0.466 e. The van der Waals surface area contributed by atoms with Crippen LogP contribution in [0, 0.1) is 0 Å². The highest BCUT2D eigenvalue weighted by atomic mass is 16.5. The van der Waals surface area contributed by atoms with Crippen molar-refractivity contribution in [3.63, 3.8) is 0 Å². The Morgan fingerprint density at radius 1 is 1.47 bits per heavy atom. The summed E-state index contributed by atoms with van der Waals surface area (Å²) < 4.78 is 4.98. The third kappa shape index (κ3) is 4.20. The van der Waals surface area contributed by atoms with Crippen LogP contribution in [0.5, 0.6) is 0 Å². The van der Waals surface area contributed by atoms with Gasteiger partial charge in [0.05, 0.1) is 13.0 Å². The maximum atomic E-state index is 11.4. The van der Waals surface area contributed by atoms with Crippen LogP contribution in [0.2, 0.25) is 0 Å². The van der Waals surface area contributed by atoms with Gasteiger partial charge in [-0.15, -0.1) is 0 Å². The second-order valence-corrected chi connectivity index (χ2v) is 4.33. The van der Waals surface area contributed by atoms with Crippen LogP contribution in [0.25, 0.3) is 0 Å². The van der Waals surface area contributed by atoms with Crippen LogP contribution in [0.15, 0.2) is 0 Å². The van der Waals surface area contributed by atoms with Crippen molar-refractivity contribution >= 4 is 5.97 Å². The lowest BCUT2D eigenvalue weighted by Gasteiger charge is -2.28. The van der Waals surface area contributed by atoms with E-state index < -0.39 is 0 Å². The Morgan fingerprint density at radius 3 is 2.60 bits per heavy atom. The van der Waals surface area contributed by atoms with E-state index >= 15 is 0 Å². The lowest BCUT2D eigenvalue weighted by molar-refractivity contribution is -0.144. The Kier molecular flexibility index (Phi) is 5.09. The maximum absolute atomic E-state index is 11.4. The molecule has 1 atom stereocenters. The van der Waals surface area contributed by atoms with Gasteiger partial charge in [-0.2, -0.15) is 0 Å². The number of ether oxygens (including phenoxy) is 1. The van der Waals surface area contributed by atoms with Gasteiger partial charge in [-0.3, -0.25) is 9.69 Å². The smallest absolute Gasteiger partial charge is 0.307 e. The summed E-state index contributed by atoms with van der Waals surface area (Å²) in [6.07, 6.45) is 4.29. The summed E-state index contributed by atoms with van der Waals surface area (Å²) in [5.41, 5.74) is 0. The van der Waals surface area contributed by atoms with Crippen LogP contribution >= 0.6 is 0 Å². The number of hydrogen-bond donors (Lipinski definition) is 0. The molecule has 0 saturated heterocycles. The topological polar surface area (TPSA) is 29.5 Å². The molecule has 1 saturated carbocycles. The fourth-order valence-electron chi connectivity index (χ4n) is 2.01. The average Bonchev–Trinajstić information content (AvgIpc) is 2.97. The fraction of sp³-hybridized carbons (Fsp3) is 0.917. The van der Waals surface area contributed by atoms with Crippen molar-refractivity contribution in [1.29, 1.82) is 0 Å². The van der Waals surface area contributed by atoms with E-state index in [1.165, 1.54) is 12.8 Å². The summed E-state index contributed by atoms with van der Waals surface area (Å²) in [7, 11) is 0. The molecule has 0 radical (unpaired) electrons. The lowest BCUT2D eigenvalue weighted by Crippen LogP contribution is -2.37. The van der Waals surface area contributed by atoms with E-state index in [2.05, 4.69) is 18.7 Å². The van der Waals surface area contributed by atoms with Gasteiger partial charge in [0.25, 0.3) is 0 Å². The molecule has 1 aliphatic carbocycles. The standard InChI is InChI=1S/C12H23NO2/c1-4-8-13(11-6-7-11)10(3)9-12(14)15-5-2/h10-11H,4-9H2,1-3H3. The van der Waals surface area contributed by atoms with Crippen LogP contribution in [-0.2, 0) is 9.53 Å². The number of carbonyl (C=O) groups is 1. The Hall–Kier alpha value is -0.570. The van der Waals surface area contributed by atoms with Gasteiger partial charge in [0.2, 0.25) is 0 Å². The molecule has 0 aromatic rings. The zero-order valence-corrected chi connectivity index (χ0v) is 10.2. The van der Waals surface area contributed by atoms with Gasteiger partial charge in [-0.1, -0.05) is 6.92 Å². The van der Waals surface area contributed by atoms with Crippen LogP contribution in [-0.4, -0.2) is 36.1 Å². The fourth-order valence-corrected chi connectivity index (χ4v) is 2.01. The van der Waals surface area contributed by atoms with E-state index in [1.807, 2.05) is 6.92 Å². The number of esters is 1. The summed E-state index contributed by atoms with van der Waals surface area (Å²) in [6.45, 7) is 7.76. The van der Waals surface area contributed by atoms with Gasteiger partial charge in [0.15, 0.2) is 0 Å². The van der Waals surface area contributed by atoms with Crippen LogP contribution in [0.4, 0.5) is 0 Å². The van der Waals surface area contributed by atoms with E-state index in [4.69, 9.17) is 4.74 Å². The van der Waals surface area contributed by atoms with E-state index in [0.717, 1.165) is 19.0 Å². The molecular weight excluding hydrogens is 190 g/mol. The third-order valence-corrected chi connectivity index (χ3v) is 2.83. The van der Waals surface area contributed by atoms with Crippen LogP contribution in [0.3, 0.4) is 0 Å². The summed E-state index contributed by atoms with van der Waals surface area (Å²) in [5, 5.41) is 0. The Morgan fingerprint density at radius 2 is 2.13 bits per heavy atom. The van der Waals surface area contributed by atoms with E-state index in [9.17, 15) is 4.79 Å². The molecule has 0 heterocycles. The van der Waals surface area contributed by atoms with Gasteiger partial charge < -0.3 is 4.74 Å². The molecule has 1 aliphatic rings. The number of nitrogens with zero attached hydrogens (tertiary/aromatic N) is 1. The molecule has 0 aromatic heterocycles. The summed E-state index contributed by atoms with van der Waals surface area (Å²) in [6, 6.07) is 1.06. The minimum Gasteiger partial charge on any atom is -0.466 e. The Labute approximate surface area is 92.8 Å². The number of hydrogen-bond acceptors (Lipinski definition) is 3. The summed E-state index contributed by atoms with van der Waals surface area (Å²) in [4.78, 5) is 13.8. The van der Waals surface area contributed by atoms with Crippen molar-refractivity contribution in [3.8, 4) is 0 Å². The third-order valence-electron chi connectivity index (χ3n) is 2.83. The zero-order chi connectivity index (χ0) is 11.3. The molecule has 0 aromatic carbocycles. The highest BCUT2D eigenvalue weighted by molar-refractivity contribution is 5.70. The molecule has 88 valence electrons. The Bertz CT molecular complexity index is 202. The average molecular weight is 213 g/mol. The zero-order valence-electron chi connectivity index (χ0n) is 10.2. The van der Waals surface area contributed by atoms with Gasteiger partial charge in [0.1, 0.15) is 0 Å². The minimum absolute atomic E-state index is 0.0632. The quantitative estimate of drug-likeness (QED) is 0.607. The summed E-state index contributed by atoms with van der Waals surface area (Å²) in [5.74, 6) is -0.0632. The maximum Gasteiger partial charge on any atom is 0.307 e. The Balaban J connectivity index is 2.34. The van der Waals surface area contributed by atoms with Crippen LogP contribution < -0.4 is 0 Å². The highest BCUT2D eigenvalue weighted by Crippen LogP contribution is 2.29. The second kappa shape index (κ2) is 6.11. The van der Waals surface area contributed by atoms with E-state index in [0.29, 0.717) is 19.1 Å². The first-order valence-electron chi connectivity index (χ1n) is 6.10. The molecule has 0 aliphatic heterocycles. The van der Waals surface area contributed by atoms with Crippen LogP contribution in [0.1, 0.15) is 46.5 Å². The van der Waals surface area contributed by atoms with Crippen molar-refractivity contribution in [1.82, 2.24) is 4.90 Å². The number of carbonyl (C=O) groups excluding carboxylic acids is 1. The van der Waals surface area contributed by atoms with Crippen molar-refractivity contribution < 1.29 is 9.53 Å². The first-order chi connectivity index (χ1) is 7.19. The first kappa shape index (κ1) is 12.5. The van der Waals surface area contributed by atoms with Gasteiger partial charge >= 0.3 is 5.97 Å². The number of rotatable bonds is 7. The first-order valence-corrected chi connectivity index (χ1v) is 6.10. The lowest BCUT2D eigenvalue weighted by atomic mass is 10.2. The molecule has 15 heavy (non-hydrogen) atoms. The van der Waals surface area contributed by atoms with Gasteiger partial charge in [-0.05, 0) is 39.7 Å². The predicted molar refractivity (Wildman–Crippen MR) is 60.7 cm³/mol. The molecule has 1 fully saturated rings. The minimum atomic E-state index is -0.0632. The monoisotopic (exact) mass is 213 g/mol. The molecule has 0 amide bonds. The molecule has 0 spiro atoms. The van der Waals surface area contributed by atoms with Crippen molar-refractivity contribution in [2.45, 2.75) is 58.5 Å². The molecule has 0 N–H and O–H groups in total. The van der Waals surface area contributed by atoms with Gasteiger partial charge in [0, 0.05) is 12.1 Å². The van der Waals surface area contributed by atoms with Crippen molar-refractivity contribution in [3.05, 3.63) is 0 Å². The van der Waals surface area contributed by atoms with Crippen molar-refractivity contribution in [2.24, 2.45) is 0 Å². The molecule has 3 heteroatoms. The highest BCUT2D eigenvalue weighted by Gasteiger charge is 2.32. The normalized spacial score (nSPS) is 17.9. The van der Waals surface area contributed by atoms with E-state index in [1.54, 1.807) is 0 Å². The van der Waals surface area contributed by atoms with E-state index in [-0.39, 0.29) is 5.97 Å². The summed E-state index contributed by atoms with van der Waals surface area (Å²) >= 11 is 0.